The molecule has 2 amide bonds. The Morgan fingerprint density at radius 3 is 2.90 bits per heavy atom. The van der Waals surface area contributed by atoms with Crippen molar-refractivity contribution in [2.75, 3.05) is 26.7 Å². The maximum atomic E-state index is 12.8. The minimum Gasteiger partial charge on any atom is -0.394 e. The molecule has 162 valence electrons. The number of hydrogen-bond acceptors (Lipinski definition) is 6. The summed E-state index contributed by atoms with van der Waals surface area (Å²) in [6.45, 7) is 5.69. The molecule has 1 saturated carbocycles. The van der Waals surface area contributed by atoms with Gasteiger partial charge < -0.3 is 19.6 Å². The summed E-state index contributed by atoms with van der Waals surface area (Å²) < 4.78 is 8.01. The fraction of sp³-hybridized carbons (Fsp3) is 0.800. The van der Waals surface area contributed by atoms with E-state index in [0.717, 1.165) is 18.5 Å². The van der Waals surface area contributed by atoms with E-state index in [1.165, 1.54) is 0 Å². The van der Waals surface area contributed by atoms with Gasteiger partial charge in [-0.25, -0.2) is 4.68 Å². The number of ether oxygens (including phenoxy) is 1. The number of hydrogen-bond donors (Lipinski definition) is 1. The molecule has 2 heterocycles. The summed E-state index contributed by atoms with van der Waals surface area (Å²) >= 11 is 0. The summed E-state index contributed by atoms with van der Waals surface area (Å²) in [5.41, 5.74) is 0.868. The molecular formula is C20H33N5O4. The predicted octanol–water partition coefficient (Wildman–Crippen LogP) is 0.671. The first-order valence-corrected chi connectivity index (χ1v) is 10.5. The molecule has 1 aliphatic heterocycles. The van der Waals surface area contributed by atoms with Crippen LogP contribution >= 0.6 is 0 Å². The molecule has 0 radical (unpaired) electrons. The highest BCUT2D eigenvalue weighted by Crippen LogP contribution is 2.31. The number of amides is 2. The second-order valence-corrected chi connectivity index (χ2v) is 8.45. The number of carbonyl (C=O) groups is 2. The molecule has 0 aromatic carbocycles. The van der Waals surface area contributed by atoms with Gasteiger partial charge in [0, 0.05) is 44.9 Å². The lowest BCUT2D eigenvalue weighted by molar-refractivity contribution is -0.138. The Labute approximate surface area is 172 Å². The zero-order valence-electron chi connectivity index (χ0n) is 17.7. The molecule has 1 aliphatic carbocycles. The van der Waals surface area contributed by atoms with E-state index < -0.39 is 0 Å². The van der Waals surface area contributed by atoms with E-state index in [4.69, 9.17) is 4.74 Å². The van der Waals surface area contributed by atoms with Crippen molar-refractivity contribution in [3.05, 3.63) is 11.9 Å². The molecule has 1 aromatic heterocycles. The molecule has 3 atom stereocenters. The Balaban J connectivity index is 1.79. The van der Waals surface area contributed by atoms with Crippen molar-refractivity contribution in [1.29, 1.82) is 0 Å². The first kappa shape index (κ1) is 21.7. The SMILES string of the molecule is C[C@H](CO)N1C[C@H](C)[C@@H](CN(C)C(=O)C2CC2)OCc2cnnn2CCCC1=O. The van der Waals surface area contributed by atoms with Crippen molar-refractivity contribution >= 4 is 11.8 Å². The van der Waals surface area contributed by atoms with Gasteiger partial charge in [-0.15, -0.1) is 5.10 Å². The maximum Gasteiger partial charge on any atom is 0.225 e. The van der Waals surface area contributed by atoms with Crippen LogP contribution in [-0.4, -0.2) is 80.6 Å². The van der Waals surface area contributed by atoms with E-state index in [1.54, 1.807) is 20.7 Å². The molecule has 1 aromatic rings. The standard InChI is InChI=1S/C20H33N5O4/c1-14-10-24(15(2)12-26)19(27)5-4-8-25-17(9-21-22-25)13-29-18(14)11-23(3)20(28)16-6-7-16/h9,14-16,18,26H,4-8,10-13H2,1-3H3/t14-,15+,18+/m0/s1. The molecule has 1 N–H and O–H groups in total. The van der Waals surface area contributed by atoms with Gasteiger partial charge in [0.2, 0.25) is 11.8 Å². The Hall–Kier alpha value is -2.00. The average molecular weight is 408 g/mol. The number of nitrogens with zero attached hydrogens (tertiary/aromatic N) is 5. The number of rotatable bonds is 5. The number of likely N-dealkylation sites (N-methyl/N-ethyl adjacent to an activating group) is 1. The lowest BCUT2D eigenvalue weighted by atomic mass is 10.0. The van der Waals surface area contributed by atoms with Gasteiger partial charge in [-0.05, 0) is 26.2 Å². The molecule has 2 aliphatic rings. The van der Waals surface area contributed by atoms with Gasteiger partial charge in [0.25, 0.3) is 0 Å². The molecule has 0 spiro atoms. The molecule has 9 heteroatoms. The quantitative estimate of drug-likeness (QED) is 0.770. The third-order valence-corrected chi connectivity index (χ3v) is 5.90. The van der Waals surface area contributed by atoms with Crippen molar-refractivity contribution < 1.29 is 19.4 Å². The molecular weight excluding hydrogens is 374 g/mol. The van der Waals surface area contributed by atoms with Crippen molar-refractivity contribution in [1.82, 2.24) is 24.8 Å². The summed E-state index contributed by atoms with van der Waals surface area (Å²) in [4.78, 5) is 28.8. The maximum absolute atomic E-state index is 12.8. The Morgan fingerprint density at radius 2 is 2.21 bits per heavy atom. The lowest BCUT2D eigenvalue weighted by Crippen LogP contribution is -2.48. The number of aliphatic hydroxyl groups is 1. The summed E-state index contributed by atoms with van der Waals surface area (Å²) in [7, 11) is 1.82. The molecule has 9 nitrogen and oxygen atoms in total. The highest BCUT2D eigenvalue weighted by molar-refractivity contribution is 5.80. The Bertz CT molecular complexity index is 705. The first-order chi connectivity index (χ1) is 13.9. The average Bonchev–Trinajstić information content (AvgIpc) is 3.46. The van der Waals surface area contributed by atoms with Crippen LogP contribution in [0.2, 0.25) is 0 Å². The first-order valence-electron chi connectivity index (χ1n) is 10.5. The minimum absolute atomic E-state index is 0.00818. The van der Waals surface area contributed by atoms with Gasteiger partial charge >= 0.3 is 0 Å². The van der Waals surface area contributed by atoms with Crippen molar-refractivity contribution in [3.63, 3.8) is 0 Å². The monoisotopic (exact) mass is 407 g/mol. The fourth-order valence-electron chi connectivity index (χ4n) is 3.75. The zero-order chi connectivity index (χ0) is 21.0. The molecule has 3 rings (SSSR count). The molecule has 0 saturated heterocycles. The minimum atomic E-state index is -0.263. The van der Waals surface area contributed by atoms with Crippen LogP contribution in [0.15, 0.2) is 6.20 Å². The number of fused-ring (bicyclic) bond motifs is 1. The van der Waals surface area contributed by atoms with Crippen LogP contribution < -0.4 is 0 Å². The molecule has 29 heavy (non-hydrogen) atoms. The van der Waals surface area contributed by atoms with Crippen LogP contribution in [0.25, 0.3) is 0 Å². The Morgan fingerprint density at radius 1 is 1.45 bits per heavy atom. The van der Waals surface area contributed by atoms with E-state index in [-0.39, 0.29) is 42.4 Å². The fourth-order valence-corrected chi connectivity index (χ4v) is 3.75. The highest BCUT2D eigenvalue weighted by atomic mass is 16.5. The largest absolute Gasteiger partial charge is 0.394 e. The van der Waals surface area contributed by atoms with Gasteiger partial charge in [0.15, 0.2) is 0 Å². The summed E-state index contributed by atoms with van der Waals surface area (Å²) in [5, 5.41) is 17.7. The third kappa shape index (κ3) is 5.54. The summed E-state index contributed by atoms with van der Waals surface area (Å²) in [6, 6.07) is -0.263. The van der Waals surface area contributed by atoms with Gasteiger partial charge in [-0.3, -0.25) is 9.59 Å². The highest BCUT2D eigenvalue weighted by Gasteiger charge is 2.34. The normalized spacial score (nSPS) is 25.0. The topological polar surface area (TPSA) is 101 Å². The van der Waals surface area contributed by atoms with Crippen molar-refractivity contribution in [2.24, 2.45) is 11.8 Å². The Kier molecular flexibility index (Phi) is 7.23. The van der Waals surface area contributed by atoms with E-state index >= 15 is 0 Å². The zero-order valence-corrected chi connectivity index (χ0v) is 17.7. The summed E-state index contributed by atoms with van der Waals surface area (Å²) in [5.74, 6) is 0.322. The van der Waals surface area contributed by atoms with Gasteiger partial charge in [0.1, 0.15) is 0 Å². The third-order valence-electron chi connectivity index (χ3n) is 5.90. The van der Waals surface area contributed by atoms with Crippen LogP contribution in [0.3, 0.4) is 0 Å². The van der Waals surface area contributed by atoms with Crippen LogP contribution in [-0.2, 0) is 27.5 Å². The molecule has 0 bridgehead atoms. The van der Waals surface area contributed by atoms with Gasteiger partial charge in [-0.2, -0.15) is 0 Å². The van der Waals surface area contributed by atoms with Crippen molar-refractivity contribution in [2.45, 2.75) is 64.8 Å². The lowest BCUT2D eigenvalue weighted by Gasteiger charge is -2.35. The second kappa shape index (κ2) is 9.67. The summed E-state index contributed by atoms with van der Waals surface area (Å²) in [6.07, 6.45) is 4.42. The number of aliphatic hydroxyl groups excluding tert-OH is 1. The van der Waals surface area contributed by atoms with Crippen LogP contribution in [0, 0.1) is 11.8 Å². The molecule has 1 fully saturated rings. The van der Waals surface area contributed by atoms with Crippen molar-refractivity contribution in [3.8, 4) is 0 Å². The number of aromatic nitrogens is 3. The van der Waals surface area contributed by atoms with Crippen LogP contribution in [0.5, 0.6) is 0 Å². The van der Waals surface area contributed by atoms with E-state index in [0.29, 0.717) is 39.1 Å². The van der Waals surface area contributed by atoms with E-state index in [9.17, 15) is 14.7 Å². The van der Waals surface area contributed by atoms with Crippen LogP contribution in [0.4, 0.5) is 0 Å². The predicted molar refractivity (Wildman–Crippen MR) is 106 cm³/mol. The van der Waals surface area contributed by atoms with E-state index in [1.807, 2.05) is 20.9 Å². The van der Waals surface area contributed by atoms with Gasteiger partial charge in [0.05, 0.1) is 37.3 Å². The smallest absolute Gasteiger partial charge is 0.225 e. The van der Waals surface area contributed by atoms with E-state index in [2.05, 4.69) is 10.3 Å². The second-order valence-electron chi connectivity index (χ2n) is 8.45. The number of carbonyl (C=O) groups excluding carboxylic acids is 2. The number of aryl methyl sites for hydroxylation is 1. The van der Waals surface area contributed by atoms with Crippen LogP contribution in [0.1, 0.15) is 45.2 Å². The molecule has 0 unspecified atom stereocenters. The van der Waals surface area contributed by atoms with Gasteiger partial charge in [-0.1, -0.05) is 12.1 Å².